The molecule has 0 fully saturated rings. The molecule has 0 saturated carbocycles. The lowest BCUT2D eigenvalue weighted by atomic mass is 10.2. The highest BCUT2D eigenvalue weighted by molar-refractivity contribution is 5.69. The molecule has 0 aliphatic heterocycles. The van der Waals surface area contributed by atoms with E-state index in [1.54, 1.807) is 30.0 Å². The Morgan fingerprint density at radius 1 is 1.39 bits per heavy atom. The number of carboxylic acids is 1. The van der Waals surface area contributed by atoms with Gasteiger partial charge in [-0.15, -0.1) is 0 Å². The van der Waals surface area contributed by atoms with Crippen LogP contribution in [0.15, 0.2) is 30.6 Å². The van der Waals surface area contributed by atoms with E-state index in [4.69, 9.17) is 5.11 Å². The van der Waals surface area contributed by atoms with Crippen LogP contribution in [0.1, 0.15) is 17.0 Å². The molecule has 0 saturated heterocycles. The molecule has 1 heterocycles. The first-order valence-electron chi connectivity index (χ1n) is 5.53. The first-order valence-corrected chi connectivity index (χ1v) is 5.53. The van der Waals surface area contributed by atoms with Crippen molar-refractivity contribution in [1.29, 1.82) is 0 Å². The Morgan fingerprint density at radius 2 is 2.06 bits per heavy atom. The van der Waals surface area contributed by atoms with Crippen LogP contribution in [0.3, 0.4) is 0 Å². The molecule has 0 amide bonds. The van der Waals surface area contributed by atoms with E-state index in [2.05, 4.69) is 4.98 Å². The van der Waals surface area contributed by atoms with Gasteiger partial charge in [0.05, 0.1) is 24.1 Å². The van der Waals surface area contributed by atoms with Crippen molar-refractivity contribution in [2.75, 3.05) is 0 Å². The van der Waals surface area contributed by atoms with Gasteiger partial charge in [-0.2, -0.15) is 0 Å². The van der Waals surface area contributed by atoms with E-state index in [1.165, 1.54) is 12.1 Å². The van der Waals surface area contributed by atoms with Gasteiger partial charge in [-0.3, -0.25) is 4.79 Å². The Labute approximate surface area is 104 Å². The van der Waals surface area contributed by atoms with Gasteiger partial charge in [-0.1, -0.05) is 12.1 Å². The van der Waals surface area contributed by atoms with Gasteiger partial charge in [0, 0.05) is 6.54 Å². The summed E-state index contributed by atoms with van der Waals surface area (Å²) in [5, 5.41) is 8.85. The average Bonchev–Trinajstić information content (AvgIpc) is 2.64. The number of hydrogen-bond acceptors (Lipinski definition) is 2. The number of halogens is 1. The summed E-state index contributed by atoms with van der Waals surface area (Å²) in [6.07, 6.45) is 1.55. The van der Waals surface area contributed by atoms with Gasteiger partial charge in [0.1, 0.15) is 5.82 Å². The van der Waals surface area contributed by atoms with Crippen molar-refractivity contribution in [3.05, 3.63) is 53.4 Å². The van der Waals surface area contributed by atoms with Gasteiger partial charge in [0.2, 0.25) is 0 Å². The molecule has 0 aliphatic carbocycles. The number of aromatic nitrogens is 2. The molecule has 5 heteroatoms. The minimum atomic E-state index is -0.890. The van der Waals surface area contributed by atoms with Crippen molar-refractivity contribution in [2.45, 2.75) is 19.9 Å². The number of carbonyl (C=O) groups is 1. The van der Waals surface area contributed by atoms with Gasteiger partial charge >= 0.3 is 5.97 Å². The summed E-state index contributed by atoms with van der Waals surface area (Å²) in [5.41, 5.74) is 2.28. The zero-order chi connectivity index (χ0) is 13.1. The second-order valence-electron chi connectivity index (χ2n) is 4.10. The van der Waals surface area contributed by atoms with Crippen LogP contribution >= 0.6 is 0 Å². The first-order chi connectivity index (χ1) is 8.56. The molecule has 2 aromatic rings. The maximum absolute atomic E-state index is 12.8. The Kier molecular flexibility index (Phi) is 3.41. The van der Waals surface area contributed by atoms with Crippen molar-refractivity contribution >= 4 is 5.97 Å². The van der Waals surface area contributed by atoms with Crippen molar-refractivity contribution in [3.8, 4) is 0 Å². The van der Waals surface area contributed by atoms with Crippen LogP contribution in [0.5, 0.6) is 0 Å². The SMILES string of the molecule is Cc1ncn(Cc2ccc(F)cc2)c1CC(=O)O. The fourth-order valence-electron chi connectivity index (χ4n) is 1.80. The van der Waals surface area contributed by atoms with Gasteiger partial charge < -0.3 is 9.67 Å². The van der Waals surface area contributed by atoms with Crippen LogP contribution in [-0.2, 0) is 17.8 Å². The number of hydrogen-bond donors (Lipinski definition) is 1. The predicted octanol–water partition coefficient (Wildman–Crippen LogP) is 2.01. The van der Waals surface area contributed by atoms with Gasteiger partial charge in [-0.25, -0.2) is 9.37 Å². The van der Waals surface area contributed by atoms with Gasteiger partial charge in [-0.05, 0) is 24.6 Å². The number of benzene rings is 1. The lowest BCUT2D eigenvalue weighted by Crippen LogP contribution is -2.09. The fraction of sp³-hybridized carbons (Fsp3) is 0.231. The number of rotatable bonds is 4. The summed E-state index contributed by atoms with van der Waals surface area (Å²) >= 11 is 0. The van der Waals surface area contributed by atoms with Crippen molar-refractivity contribution < 1.29 is 14.3 Å². The predicted molar refractivity (Wildman–Crippen MR) is 63.8 cm³/mol. The number of carboxylic acid groups (broad SMARTS) is 1. The molecule has 0 radical (unpaired) electrons. The van der Waals surface area contributed by atoms with Gasteiger partial charge in [0.25, 0.3) is 0 Å². The highest BCUT2D eigenvalue weighted by Crippen LogP contribution is 2.11. The lowest BCUT2D eigenvalue weighted by Gasteiger charge is -2.07. The minimum Gasteiger partial charge on any atom is -0.481 e. The van der Waals surface area contributed by atoms with Crippen LogP contribution in [0, 0.1) is 12.7 Å². The topological polar surface area (TPSA) is 55.1 Å². The third-order valence-electron chi connectivity index (χ3n) is 2.74. The van der Waals surface area contributed by atoms with Gasteiger partial charge in [0.15, 0.2) is 0 Å². The molecule has 0 atom stereocenters. The third kappa shape index (κ3) is 2.74. The van der Waals surface area contributed by atoms with E-state index in [1.807, 2.05) is 0 Å². The van der Waals surface area contributed by atoms with Crippen LogP contribution in [0.2, 0.25) is 0 Å². The van der Waals surface area contributed by atoms with Crippen molar-refractivity contribution in [2.24, 2.45) is 0 Å². The zero-order valence-corrected chi connectivity index (χ0v) is 9.93. The summed E-state index contributed by atoms with van der Waals surface area (Å²) in [6.45, 7) is 2.27. The number of aryl methyl sites for hydroxylation is 1. The molecule has 0 bridgehead atoms. The molecule has 0 spiro atoms. The maximum Gasteiger partial charge on any atom is 0.309 e. The second-order valence-corrected chi connectivity index (χ2v) is 4.10. The summed E-state index contributed by atoms with van der Waals surface area (Å²) in [5.74, 6) is -1.18. The molecule has 18 heavy (non-hydrogen) atoms. The molecular weight excluding hydrogens is 235 g/mol. The van der Waals surface area contributed by atoms with E-state index < -0.39 is 5.97 Å². The van der Waals surface area contributed by atoms with Crippen LogP contribution in [0.25, 0.3) is 0 Å². The molecule has 4 nitrogen and oxygen atoms in total. The summed E-state index contributed by atoms with van der Waals surface area (Å²) in [6, 6.07) is 6.12. The van der Waals surface area contributed by atoms with Crippen LogP contribution in [0.4, 0.5) is 4.39 Å². The van der Waals surface area contributed by atoms with E-state index in [0.717, 1.165) is 5.56 Å². The largest absolute Gasteiger partial charge is 0.481 e. The molecule has 2 rings (SSSR count). The quantitative estimate of drug-likeness (QED) is 0.900. The highest BCUT2D eigenvalue weighted by Gasteiger charge is 2.11. The summed E-state index contributed by atoms with van der Waals surface area (Å²) in [7, 11) is 0. The lowest BCUT2D eigenvalue weighted by molar-refractivity contribution is -0.136. The Balaban J connectivity index is 2.23. The molecular formula is C13H13FN2O2. The maximum atomic E-state index is 12.8. The van der Waals surface area contributed by atoms with Crippen LogP contribution < -0.4 is 0 Å². The normalized spacial score (nSPS) is 10.6. The molecule has 0 unspecified atom stereocenters. The number of imidazole rings is 1. The summed E-state index contributed by atoms with van der Waals surface area (Å²) < 4.78 is 14.6. The first kappa shape index (κ1) is 12.3. The zero-order valence-electron chi connectivity index (χ0n) is 9.93. The van der Waals surface area contributed by atoms with E-state index in [-0.39, 0.29) is 12.2 Å². The minimum absolute atomic E-state index is 0.0625. The number of aliphatic carboxylic acids is 1. The standard InChI is InChI=1S/C13H13FN2O2/c1-9-12(6-13(17)18)16(8-15-9)7-10-2-4-11(14)5-3-10/h2-5,8H,6-7H2,1H3,(H,17,18). The fourth-order valence-corrected chi connectivity index (χ4v) is 1.80. The Bertz CT molecular complexity index is 561. The van der Waals surface area contributed by atoms with Crippen LogP contribution in [-0.4, -0.2) is 20.6 Å². The molecule has 94 valence electrons. The average molecular weight is 248 g/mol. The number of nitrogens with zero attached hydrogens (tertiary/aromatic N) is 2. The molecule has 1 N–H and O–H groups in total. The third-order valence-corrected chi connectivity index (χ3v) is 2.74. The van der Waals surface area contributed by atoms with E-state index >= 15 is 0 Å². The second kappa shape index (κ2) is 5.00. The smallest absolute Gasteiger partial charge is 0.309 e. The Hall–Kier alpha value is -2.17. The van der Waals surface area contributed by atoms with Crippen molar-refractivity contribution in [3.63, 3.8) is 0 Å². The molecule has 1 aromatic heterocycles. The molecule has 1 aromatic carbocycles. The molecule has 0 aliphatic rings. The van der Waals surface area contributed by atoms with Crippen molar-refractivity contribution in [1.82, 2.24) is 9.55 Å². The summed E-state index contributed by atoms with van der Waals surface area (Å²) in [4.78, 5) is 14.9. The Morgan fingerprint density at radius 3 is 2.67 bits per heavy atom. The monoisotopic (exact) mass is 248 g/mol. The van der Waals surface area contributed by atoms with E-state index in [0.29, 0.717) is 17.9 Å². The highest BCUT2D eigenvalue weighted by atomic mass is 19.1. The van der Waals surface area contributed by atoms with E-state index in [9.17, 15) is 9.18 Å².